The highest BCUT2D eigenvalue weighted by atomic mass is 28.5. The fraction of sp³-hybridized carbons (Fsp3) is 0.794. The van der Waals surface area contributed by atoms with Crippen LogP contribution in [0.15, 0.2) is 17.3 Å². The van der Waals surface area contributed by atoms with E-state index in [4.69, 9.17) is 14.1 Å². The van der Waals surface area contributed by atoms with Crippen LogP contribution in [0.1, 0.15) is 90.5 Å². The third kappa shape index (κ3) is 4.41. The molecule has 0 amide bonds. The summed E-state index contributed by atoms with van der Waals surface area (Å²) in [6.45, 7) is 48.8. The van der Waals surface area contributed by atoms with E-state index < -0.39 is 40.9 Å². The Morgan fingerprint density at radius 1 is 0.619 bits per heavy atom. The third-order valence-corrected chi connectivity index (χ3v) is 58.9. The van der Waals surface area contributed by atoms with E-state index in [1.54, 1.807) is 0 Å². The predicted octanol–water partition coefficient (Wildman–Crippen LogP) is 11.7. The van der Waals surface area contributed by atoms with Gasteiger partial charge in [-0.3, -0.25) is 0 Å². The minimum Gasteiger partial charge on any atom is -0.494 e. The number of rotatable bonds is 9. The average Bonchev–Trinajstić information content (AvgIpc) is 3.39. The summed E-state index contributed by atoms with van der Waals surface area (Å²) < 4.78 is 16.0. The third-order valence-electron chi connectivity index (χ3n) is 14.6. The van der Waals surface area contributed by atoms with Crippen molar-refractivity contribution in [2.24, 2.45) is 5.16 Å². The van der Waals surface area contributed by atoms with Crippen LogP contribution < -0.4 is 0 Å². The van der Waals surface area contributed by atoms with Crippen LogP contribution in [0, 0.1) is 20.8 Å². The van der Waals surface area contributed by atoms with Crippen molar-refractivity contribution in [3.63, 3.8) is 0 Å². The number of benzene rings is 1. The summed E-state index contributed by atoms with van der Waals surface area (Å²) >= 11 is 0. The van der Waals surface area contributed by atoms with Crippen molar-refractivity contribution in [2.45, 2.75) is 172 Å². The molecule has 3 nitrogen and oxygen atoms in total. The number of oxime groups is 1. The predicted molar refractivity (Wildman–Crippen MR) is 200 cm³/mol. The Labute approximate surface area is 266 Å². The summed E-state index contributed by atoms with van der Waals surface area (Å²) in [7, 11) is -11.0. The molecular weight excluding hydrogens is 595 g/mol. The molecule has 42 heavy (non-hydrogen) atoms. The minimum absolute atomic E-state index is 0.144. The van der Waals surface area contributed by atoms with Crippen molar-refractivity contribution in [1.29, 1.82) is 0 Å². The Balaban J connectivity index is 2.62. The molecule has 0 unspecified atom stereocenters. The lowest BCUT2D eigenvalue weighted by atomic mass is 10.00. The molecule has 2 aliphatic rings. The molecular formula is C34H67NO2Si5. The quantitative estimate of drug-likeness (QED) is 0.247. The lowest BCUT2D eigenvalue weighted by molar-refractivity contribution is 0.281. The smallest absolute Gasteiger partial charge is 0.488 e. The van der Waals surface area contributed by atoms with E-state index in [0.717, 1.165) is 5.90 Å². The molecule has 1 saturated heterocycles. The van der Waals surface area contributed by atoms with E-state index in [9.17, 15) is 0 Å². The summed E-state index contributed by atoms with van der Waals surface area (Å²) in [6, 6.07) is 4.60. The molecule has 0 aromatic heterocycles. The van der Waals surface area contributed by atoms with E-state index in [1.165, 1.54) is 35.1 Å². The first-order valence-electron chi connectivity index (χ1n) is 16.9. The first kappa shape index (κ1) is 36.0. The Morgan fingerprint density at radius 3 is 1.21 bits per heavy atom. The molecule has 0 atom stereocenters. The Bertz CT molecular complexity index is 1100. The molecule has 1 spiro atoms. The largest absolute Gasteiger partial charge is 0.494 e. The second-order valence-electron chi connectivity index (χ2n) is 17.8. The van der Waals surface area contributed by atoms with Gasteiger partial charge in [-0.05, 0) is 44.7 Å². The van der Waals surface area contributed by atoms with Gasteiger partial charge in [0.2, 0.25) is 5.90 Å². The molecule has 8 heteroatoms. The molecule has 240 valence electrons. The standard InChI is InChI=1S/C34H67NO2Si5/c1-24(2)38(12,13)33(39(14,15)25(3)4)20-21-34(40(16,17)26(5)6,41(18,19)27(7)8)42(33)36-32(35-37-42)31-29(10)22-28(9)23-30(31)11/h22-27H,20-21H2,1-19H3. The molecule has 1 aromatic carbocycles. The van der Waals surface area contributed by atoms with Crippen molar-refractivity contribution >= 4 is 46.8 Å². The van der Waals surface area contributed by atoms with Gasteiger partial charge in [0, 0.05) is 14.1 Å². The van der Waals surface area contributed by atoms with Crippen LogP contribution in [0.25, 0.3) is 0 Å². The van der Waals surface area contributed by atoms with Crippen LogP contribution in [0.4, 0.5) is 0 Å². The molecule has 1 aromatic rings. The van der Waals surface area contributed by atoms with Gasteiger partial charge in [0.05, 0.1) is 32.3 Å². The highest BCUT2D eigenvalue weighted by Gasteiger charge is 2.91. The van der Waals surface area contributed by atoms with Gasteiger partial charge in [0.25, 0.3) is 0 Å². The summed E-state index contributed by atoms with van der Waals surface area (Å²) in [5.74, 6) is 0.816. The van der Waals surface area contributed by atoms with Gasteiger partial charge in [-0.25, -0.2) is 0 Å². The van der Waals surface area contributed by atoms with E-state index in [0.29, 0.717) is 22.2 Å². The van der Waals surface area contributed by atoms with Crippen molar-refractivity contribution < 1.29 is 8.95 Å². The second kappa shape index (κ2) is 11.1. The monoisotopic (exact) mass is 661 g/mol. The Kier molecular flexibility index (Phi) is 9.55. The van der Waals surface area contributed by atoms with E-state index in [-0.39, 0.29) is 8.57 Å². The molecule has 0 bridgehead atoms. The molecule has 3 rings (SSSR count). The summed E-state index contributed by atoms with van der Waals surface area (Å²) in [4.78, 5) is 0. The zero-order valence-electron chi connectivity index (χ0n) is 31.1. The number of aryl methyl sites for hydroxylation is 3. The topological polar surface area (TPSA) is 30.8 Å². The summed E-state index contributed by atoms with van der Waals surface area (Å²) in [5.41, 5.74) is 7.59. The molecule has 0 aliphatic carbocycles. The molecule has 2 heterocycles. The molecule has 1 fully saturated rings. The van der Waals surface area contributed by atoms with Crippen molar-refractivity contribution in [1.82, 2.24) is 0 Å². The fourth-order valence-electron chi connectivity index (χ4n) is 9.91. The highest BCUT2D eigenvalue weighted by molar-refractivity contribution is 7.25. The van der Waals surface area contributed by atoms with Crippen LogP contribution in [-0.2, 0) is 8.95 Å². The summed E-state index contributed by atoms with van der Waals surface area (Å²) in [5, 5.41) is 5.22. The molecule has 0 N–H and O–H groups in total. The lowest BCUT2D eigenvalue weighted by Gasteiger charge is -2.65. The molecule has 2 aliphatic heterocycles. The Hall–Kier alpha value is -0.426. The maximum Gasteiger partial charge on any atom is 0.488 e. The van der Waals surface area contributed by atoms with Gasteiger partial charge < -0.3 is 8.95 Å². The van der Waals surface area contributed by atoms with Gasteiger partial charge in [0.1, 0.15) is 0 Å². The van der Waals surface area contributed by atoms with Crippen LogP contribution in [-0.4, -0.2) is 46.8 Å². The van der Waals surface area contributed by atoms with Crippen LogP contribution >= 0.6 is 0 Å². The molecule has 0 radical (unpaired) electrons. The fourth-order valence-corrected chi connectivity index (χ4v) is 58.9. The van der Waals surface area contributed by atoms with Crippen molar-refractivity contribution in [3.8, 4) is 0 Å². The maximum absolute atomic E-state index is 8.08. The van der Waals surface area contributed by atoms with Gasteiger partial charge in [-0.15, -0.1) is 0 Å². The van der Waals surface area contributed by atoms with Gasteiger partial charge in [0.15, 0.2) is 0 Å². The van der Waals surface area contributed by atoms with Gasteiger partial charge in [-0.2, -0.15) is 0 Å². The normalized spacial score (nSPS) is 20.6. The number of hydrogen-bond donors (Lipinski definition) is 0. The Morgan fingerprint density at radius 2 is 0.929 bits per heavy atom. The highest BCUT2D eigenvalue weighted by Crippen LogP contribution is 2.80. The average molecular weight is 662 g/mol. The van der Waals surface area contributed by atoms with Crippen molar-refractivity contribution in [3.05, 3.63) is 34.4 Å². The molecule has 0 saturated carbocycles. The minimum atomic E-state index is -3.08. The number of nitrogens with zero attached hydrogens (tertiary/aromatic N) is 1. The lowest BCUT2D eigenvalue weighted by Crippen LogP contribution is -2.80. The van der Waals surface area contributed by atoms with Crippen LogP contribution in [0.3, 0.4) is 0 Å². The van der Waals surface area contributed by atoms with E-state index >= 15 is 0 Å². The first-order chi connectivity index (χ1) is 18.9. The second-order valence-corrected chi connectivity index (χ2v) is 45.9. The van der Waals surface area contributed by atoms with E-state index in [1.807, 2.05) is 0 Å². The number of hydrogen-bond acceptors (Lipinski definition) is 3. The van der Waals surface area contributed by atoms with Crippen LogP contribution in [0.2, 0.25) is 83.1 Å². The van der Waals surface area contributed by atoms with Crippen molar-refractivity contribution in [2.75, 3.05) is 0 Å². The van der Waals surface area contributed by atoms with Gasteiger partial charge >= 0.3 is 8.56 Å². The zero-order chi connectivity index (χ0) is 32.6. The first-order valence-corrected chi connectivity index (χ1v) is 31.0. The van der Waals surface area contributed by atoms with Gasteiger partial charge in [-0.1, -0.05) is 153 Å². The zero-order valence-corrected chi connectivity index (χ0v) is 36.1. The summed E-state index contributed by atoms with van der Waals surface area (Å²) in [6.07, 6.45) is 2.57. The maximum atomic E-state index is 8.08. The van der Waals surface area contributed by atoms with E-state index in [2.05, 4.69) is 141 Å². The van der Waals surface area contributed by atoms with Crippen LogP contribution in [0.5, 0.6) is 0 Å². The SMILES string of the molecule is Cc1cc(C)c(C2=NO[Si]3(O2)C([Si](C)(C)C(C)C)([Si](C)(C)C(C)C)CCC3([Si](C)(C)C(C)C)[Si](C)(C)C(C)C)c(C)c1.